The molecule has 0 fully saturated rings. The number of halogens is 3. The van der Waals surface area contributed by atoms with E-state index < -0.39 is 5.82 Å². The van der Waals surface area contributed by atoms with Gasteiger partial charge in [-0.2, -0.15) is 0 Å². The fourth-order valence-electron chi connectivity index (χ4n) is 0.366. The molecular weight excluding hydrogens is 164 g/mol. The van der Waals surface area contributed by atoms with E-state index in [-0.39, 0.29) is 17.6 Å². The monoisotopic (exact) mass is 167 g/mol. The maximum Gasteiger partial charge on any atom is 0.164 e. The molecule has 1 aromatic rings. The van der Waals surface area contributed by atoms with Crippen molar-refractivity contribution in [2.75, 3.05) is 0 Å². The minimum atomic E-state index is -0.478. The molecule has 0 aliphatic rings. The van der Waals surface area contributed by atoms with Gasteiger partial charge in [0.1, 0.15) is 0 Å². The molecule has 0 radical (unpaired) electrons. The molecule has 4 heteroatoms. The van der Waals surface area contributed by atoms with Crippen LogP contribution < -0.4 is 0 Å². The molecule has 1 heterocycles. The van der Waals surface area contributed by atoms with E-state index in [0.717, 1.165) is 0 Å². The smallest absolute Gasteiger partial charge is 0.164 e. The van der Waals surface area contributed by atoms with Crippen LogP contribution in [0.4, 0.5) is 4.39 Å². The molecule has 9 heavy (non-hydrogen) atoms. The van der Waals surface area contributed by atoms with Crippen LogP contribution in [-0.2, 0) is 0 Å². The van der Waals surface area contributed by atoms with Gasteiger partial charge in [-0.15, -0.1) is 12.4 Å². The molecule has 0 aliphatic heterocycles. The van der Waals surface area contributed by atoms with E-state index in [1.165, 1.54) is 18.3 Å². The number of pyridine rings is 1. The van der Waals surface area contributed by atoms with E-state index in [2.05, 4.69) is 4.98 Å². The highest BCUT2D eigenvalue weighted by Crippen LogP contribution is 2.07. The van der Waals surface area contributed by atoms with Crippen LogP contribution in [0.2, 0.25) is 5.15 Å². The Kier molecular flexibility index (Phi) is 3.50. The van der Waals surface area contributed by atoms with Crippen LogP contribution >= 0.6 is 24.0 Å². The minimum absolute atomic E-state index is 0. The van der Waals surface area contributed by atoms with Gasteiger partial charge >= 0.3 is 0 Å². The first-order valence-corrected chi connectivity index (χ1v) is 2.44. The third kappa shape index (κ3) is 2.16. The Hall–Kier alpha value is -0.340. The largest absolute Gasteiger partial charge is 0.242 e. The maximum atomic E-state index is 12.1. The van der Waals surface area contributed by atoms with E-state index in [0.29, 0.717) is 0 Å². The van der Waals surface area contributed by atoms with Gasteiger partial charge in [-0.3, -0.25) is 0 Å². The Morgan fingerprint density at radius 3 is 2.56 bits per heavy atom. The first-order chi connectivity index (χ1) is 3.80. The standard InChI is InChI=1S/C5H3ClFN.ClH/c6-5-4(7)2-1-3-8-5;/h1-3H;1H. The summed E-state index contributed by atoms with van der Waals surface area (Å²) < 4.78 is 12.1. The molecule has 0 unspecified atom stereocenters. The summed E-state index contributed by atoms with van der Waals surface area (Å²) in [7, 11) is 0. The Bertz CT molecular complexity index is 171. The molecule has 50 valence electrons. The topological polar surface area (TPSA) is 12.9 Å². The number of nitrogens with zero attached hydrogens (tertiary/aromatic N) is 1. The van der Waals surface area contributed by atoms with E-state index in [9.17, 15) is 4.39 Å². The van der Waals surface area contributed by atoms with Crippen LogP contribution in [0, 0.1) is 5.82 Å². The van der Waals surface area contributed by atoms with Crippen molar-refractivity contribution < 1.29 is 4.39 Å². The zero-order chi connectivity index (χ0) is 5.98. The van der Waals surface area contributed by atoms with Crippen molar-refractivity contribution in [2.45, 2.75) is 0 Å². The average molecular weight is 168 g/mol. The predicted molar refractivity (Wildman–Crippen MR) is 36.5 cm³/mol. The van der Waals surface area contributed by atoms with Crippen LogP contribution in [0.25, 0.3) is 0 Å². The van der Waals surface area contributed by atoms with Crippen molar-refractivity contribution >= 4 is 24.0 Å². The number of aromatic nitrogens is 1. The van der Waals surface area contributed by atoms with Crippen molar-refractivity contribution in [2.24, 2.45) is 0 Å². The van der Waals surface area contributed by atoms with Crippen molar-refractivity contribution in [1.82, 2.24) is 4.98 Å². The molecule has 1 rings (SSSR count). The highest BCUT2D eigenvalue weighted by atomic mass is 35.5. The Morgan fingerprint density at radius 2 is 2.22 bits per heavy atom. The van der Waals surface area contributed by atoms with Gasteiger partial charge in [-0.1, -0.05) is 11.6 Å². The highest BCUT2D eigenvalue weighted by Gasteiger charge is 1.93. The van der Waals surface area contributed by atoms with Gasteiger partial charge in [0, 0.05) is 6.20 Å². The zero-order valence-electron chi connectivity index (χ0n) is 4.34. The van der Waals surface area contributed by atoms with Crippen LogP contribution in [0.5, 0.6) is 0 Å². The van der Waals surface area contributed by atoms with Crippen molar-refractivity contribution in [3.63, 3.8) is 0 Å². The summed E-state index contributed by atoms with van der Waals surface area (Å²) in [5.41, 5.74) is 0. The van der Waals surface area contributed by atoms with Gasteiger partial charge in [0.05, 0.1) is 0 Å². The van der Waals surface area contributed by atoms with E-state index in [1.54, 1.807) is 0 Å². The van der Waals surface area contributed by atoms with Crippen LogP contribution in [0.3, 0.4) is 0 Å². The summed E-state index contributed by atoms with van der Waals surface area (Å²) >= 11 is 5.22. The molecule has 0 saturated heterocycles. The van der Waals surface area contributed by atoms with Crippen molar-refractivity contribution in [1.29, 1.82) is 0 Å². The third-order valence-corrected chi connectivity index (χ3v) is 0.992. The SMILES string of the molecule is Cl.Fc1cccnc1Cl. The molecule has 0 spiro atoms. The second-order valence-electron chi connectivity index (χ2n) is 1.28. The van der Waals surface area contributed by atoms with Gasteiger partial charge in [-0.05, 0) is 12.1 Å². The van der Waals surface area contributed by atoms with Crippen molar-refractivity contribution in [3.05, 3.63) is 29.3 Å². The van der Waals surface area contributed by atoms with Gasteiger partial charge in [-0.25, -0.2) is 9.37 Å². The fourth-order valence-corrected chi connectivity index (χ4v) is 0.486. The van der Waals surface area contributed by atoms with Crippen LogP contribution in [0.1, 0.15) is 0 Å². The molecule has 1 nitrogen and oxygen atoms in total. The Labute approximate surface area is 63.3 Å². The summed E-state index contributed by atoms with van der Waals surface area (Å²) in [5.74, 6) is -0.478. The van der Waals surface area contributed by atoms with E-state index in [1.807, 2.05) is 0 Å². The summed E-state index contributed by atoms with van der Waals surface area (Å²) in [6.45, 7) is 0. The summed E-state index contributed by atoms with van der Waals surface area (Å²) in [4.78, 5) is 3.47. The molecule has 0 bridgehead atoms. The van der Waals surface area contributed by atoms with Gasteiger partial charge in [0.15, 0.2) is 11.0 Å². The van der Waals surface area contributed by atoms with E-state index in [4.69, 9.17) is 11.6 Å². The number of hydrogen-bond donors (Lipinski definition) is 0. The maximum absolute atomic E-state index is 12.1. The summed E-state index contributed by atoms with van der Waals surface area (Å²) in [5, 5.41) is -0.0764. The summed E-state index contributed by atoms with van der Waals surface area (Å²) in [6, 6.07) is 2.75. The lowest BCUT2D eigenvalue weighted by atomic mass is 10.5. The molecular formula is C5H4Cl2FN. The average Bonchev–Trinajstić information content (AvgIpc) is 1.77. The summed E-state index contributed by atoms with van der Waals surface area (Å²) in [6.07, 6.45) is 1.44. The number of hydrogen-bond acceptors (Lipinski definition) is 1. The molecule has 0 saturated carbocycles. The predicted octanol–water partition coefficient (Wildman–Crippen LogP) is 2.30. The molecule has 1 aromatic heterocycles. The lowest BCUT2D eigenvalue weighted by molar-refractivity contribution is 0.622. The molecule has 0 aliphatic carbocycles. The van der Waals surface area contributed by atoms with Crippen molar-refractivity contribution in [3.8, 4) is 0 Å². The van der Waals surface area contributed by atoms with Gasteiger partial charge in [0.25, 0.3) is 0 Å². The normalized spacial score (nSPS) is 8.22. The fraction of sp³-hybridized carbons (Fsp3) is 0. The quantitative estimate of drug-likeness (QED) is 0.541. The molecule has 0 atom stereocenters. The second kappa shape index (κ2) is 3.64. The van der Waals surface area contributed by atoms with Crippen LogP contribution in [0.15, 0.2) is 18.3 Å². The molecule has 0 amide bonds. The minimum Gasteiger partial charge on any atom is -0.242 e. The molecule has 0 aromatic carbocycles. The van der Waals surface area contributed by atoms with Gasteiger partial charge in [0.2, 0.25) is 0 Å². The highest BCUT2D eigenvalue weighted by molar-refractivity contribution is 6.29. The van der Waals surface area contributed by atoms with Gasteiger partial charge < -0.3 is 0 Å². The third-order valence-electron chi connectivity index (χ3n) is 0.714. The first kappa shape index (κ1) is 8.66. The second-order valence-corrected chi connectivity index (χ2v) is 1.63. The van der Waals surface area contributed by atoms with Crippen LogP contribution in [-0.4, -0.2) is 4.98 Å². The lowest BCUT2D eigenvalue weighted by Crippen LogP contribution is -1.77. The number of rotatable bonds is 0. The van der Waals surface area contributed by atoms with E-state index >= 15 is 0 Å². The zero-order valence-corrected chi connectivity index (χ0v) is 5.92. The Morgan fingerprint density at radius 1 is 1.56 bits per heavy atom. The lowest BCUT2D eigenvalue weighted by Gasteiger charge is -1.86. The molecule has 0 N–H and O–H groups in total. The Balaban J connectivity index is 0.000000640. The first-order valence-electron chi connectivity index (χ1n) is 2.07.